The number of benzene rings is 1. The minimum absolute atomic E-state index is 0.0159. The Labute approximate surface area is 111 Å². The Morgan fingerprint density at radius 2 is 2.00 bits per heavy atom. The zero-order valence-corrected chi connectivity index (χ0v) is 11.1. The number of aryl methyl sites for hydroxylation is 1. The predicted octanol–water partition coefficient (Wildman–Crippen LogP) is 3.99. The summed E-state index contributed by atoms with van der Waals surface area (Å²) in [6, 6.07) is 10.1. The normalized spacial score (nSPS) is 12.6. The van der Waals surface area contributed by atoms with E-state index in [-0.39, 0.29) is 5.38 Å². The first kappa shape index (κ1) is 12.5. The van der Waals surface area contributed by atoms with Crippen molar-refractivity contribution in [3.8, 4) is 0 Å². The van der Waals surface area contributed by atoms with Crippen LogP contribution < -0.4 is 0 Å². The predicted molar refractivity (Wildman–Crippen MR) is 71.6 cm³/mol. The average Bonchev–Trinajstić information content (AvgIpc) is 2.67. The molecule has 0 spiro atoms. The second-order valence-electron chi connectivity index (χ2n) is 3.98. The molecule has 1 aromatic carbocycles. The smallest absolute Gasteiger partial charge is 0.0817 e. The zero-order chi connectivity index (χ0) is 12.3. The third kappa shape index (κ3) is 3.02. The molecule has 1 heterocycles. The lowest BCUT2D eigenvalue weighted by atomic mass is 10.1. The molecule has 2 nitrogen and oxygen atoms in total. The van der Waals surface area contributed by atoms with E-state index in [4.69, 9.17) is 23.2 Å². The van der Waals surface area contributed by atoms with E-state index in [0.29, 0.717) is 5.02 Å². The van der Waals surface area contributed by atoms with Gasteiger partial charge in [0.15, 0.2) is 0 Å². The monoisotopic (exact) mass is 268 g/mol. The molecule has 1 atom stereocenters. The maximum absolute atomic E-state index is 6.36. The van der Waals surface area contributed by atoms with Gasteiger partial charge in [0.25, 0.3) is 0 Å². The number of halogens is 2. The molecular weight excluding hydrogens is 255 g/mol. The summed E-state index contributed by atoms with van der Waals surface area (Å²) < 4.78 is 1.80. The van der Waals surface area contributed by atoms with Gasteiger partial charge in [-0.15, -0.1) is 11.6 Å². The number of hydrogen-bond acceptors (Lipinski definition) is 1. The Hall–Kier alpha value is -0.990. The Bertz CT molecular complexity index is 460. The summed E-state index contributed by atoms with van der Waals surface area (Å²) in [5.74, 6) is 0. The van der Waals surface area contributed by atoms with Crippen molar-refractivity contribution in [1.82, 2.24) is 9.78 Å². The van der Waals surface area contributed by atoms with E-state index in [1.807, 2.05) is 37.4 Å². The summed E-state index contributed by atoms with van der Waals surface area (Å²) in [7, 11) is 1.90. The summed E-state index contributed by atoms with van der Waals surface area (Å²) in [5.41, 5.74) is 2.18. The molecule has 1 unspecified atom stereocenters. The van der Waals surface area contributed by atoms with Gasteiger partial charge >= 0.3 is 0 Å². The van der Waals surface area contributed by atoms with E-state index in [0.717, 1.165) is 24.1 Å². The molecule has 2 rings (SSSR count). The van der Waals surface area contributed by atoms with Crippen molar-refractivity contribution in [3.05, 3.63) is 52.8 Å². The van der Waals surface area contributed by atoms with Gasteiger partial charge in [-0.25, -0.2) is 0 Å². The molecule has 0 saturated heterocycles. The minimum atomic E-state index is 0.0159. The van der Waals surface area contributed by atoms with Crippen LogP contribution in [0.4, 0.5) is 0 Å². The van der Waals surface area contributed by atoms with Crippen molar-refractivity contribution in [2.24, 2.45) is 7.05 Å². The molecule has 0 amide bonds. The van der Waals surface area contributed by atoms with Gasteiger partial charge in [-0.1, -0.05) is 41.9 Å². The van der Waals surface area contributed by atoms with Crippen LogP contribution in [0.3, 0.4) is 0 Å². The summed E-state index contributed by atoms with van der Waals surface area (Å²) >= 11 is 12.4. The van der Waals surface area contributed by atoms with Crippen molar-refractivity contribution in [2.45, 2.75) is 18.2 Å². The molecule has 0 bridgehead atoms. The van der Waals surface area contributed by atoms with Crippen LogP contribution in [0.15, 0.2) is 36.5 Å². The first-order chi connectivity index (χ1) is 8.18. The number of hydrogen-bond donors (Lipinski definition) is 0. The third-order valence-electron chi connectivity index (χ3n) is 2.81. The van der Waals surface area contributed by atoms with Gasteiger partial charge in [0, 0.05) is 7.05 Å². The molecule has 0 aliphatic carbocycles. The fourth-order valence-corrected chi connectivity index (χ4v) is 2.32. The molecule has 0 aliphatic rings. The number of nitrogens with zero attached hydrogens (tertiary/aromatic N) is 2. The summed E-state index contributed by atoms with van der Waals surface area (Å²) in [6.45, 7) is 0. The number of alkyl halides is 1. The number of aromatic nitrogens is 2. The first-order valence-electron chi connectivity index (χ1n) is 5.54. The fourth-order valence-electron chi connectivity index (χ4n) is 1.81. The van der Waals surface area contributed by atoms with Crippen LogP contribution in [-0.4, -0.2) is 9.78 Å². The summed E-state index contributed by atoms with van der Waals surface area (Å²) in [6.07, 6.45) is 3.35. The summed E-state index contributed by atoms with van der Waals surface area (Å²) in [5, 5.41) is 4.84. The maximum Gasteiger partial charge on any atom is 0.0817 e. The van der Waals surface area contributed by atoms with E-state index in [2.05, 4.69) is 5.10 Å². The molecule has 0 fully saturated rings. The van der Waals surface area contributed by atoms with Gasteiger partial charge in [0.1, 0.15) is 0 Å². The van der Waals surface area contributed by atoms with Crippen LogP contribution >= 0.6 is 23.2 Å². The number of rotatable bonds is 4. The molecule has 0 radical (unpaired) electrons. The maximum atomic E-state index is 6.36. The first-order valence-corrected chi connectivity index (χ1v) is 6.35. The molecule has 2 aromatic rings. The lowest BCUT2D eigenvalue weighted by molar-refractivity contribution is 0.676. The highest BCUT2D eigenvalue weighted by atomic mass is 35.5. The summed E-state index contributed by atoms with van der Waals surface area (Å²) in [4.78, 5) is 0. The van der Waals surface area contributed by atoms with Gasteiger partial charge in [0.2, 0.25) is 0 Å². The van der Waals surface area contributed by atoms with Crippen molar-refractivity contribution >= 4 is 23.2 Å². The van der Waals surface area contributed by atoms with E-state index >= 15 is 0 Å². The molecular formula is C13H14Cl2N2. The Balaban J connectivity index is 1.99. The highest BCUT2D eigenvalue weighted by Crippen LogP contribution is 2.27. The van der Waals surface area contributed by atoms with Crippen molar-refractivity contribution in [3.63, 3.8) is 0 Å². The van der Waals surface area contributed by atoms with Crippen molar-refractivity contribution in [2.75, 3.05) is 0 Å². The van der Waals surface area contributed by atoms with Gasteiger partial charge in [-0.05, 0) is 18.4 Å². The second kappa shape index (κ2) is 5.56. The second-order valence-corrected chi connectivity index (χ2v) is 4.91. The SMILES string of the molecule is Cn1ncc(Cl)c1CCC(Cl)c1ccccc1. The average molecular weight is 269 g/mol. The van der Waals surface area contributed by atoms with E-state index in [1.54, 1.807) is 10.9 Å². The molecule has 17 heavy (non-hydrogen) atoms. The van der Waals surface area contributed by atoms with Crippen LogP contribution in [0, 0.1) is 0 Å². The third-order valence-corrected chi connectivity index (χ3v) is 3.59. The topological polar surface area (TPSA) is 17.8 Å². The van der Waals surface area contributed by atoms with Crippen LogP contribution in [0.25, 0.3) is 0 Å². The zero-order valence-electron chi connectivity index (χ0n) is 9.61. The van der Waals surface area contributed by atoms with E-state index in [1.165, 1.54) is 0 Å². The Kier molecular flexibility index (Phi) is 4.08. The fraction of sp³-hybridized carbons (Fsp3) is 0.308. The molecule has 0 aliphatic heterocycles. The lowest BCUT2D eigenvalue weighted by Crippen LogP contribution is -2.01. The quantitative estimate of drug-likeness (QED) is 0.767. The van der Waals surface area contributed by atoms with E-state index < -0.39 is 0 Å². The van der Waals surface area contributed by atoms with Gasteiger partial charge in [-0.2, -0.15) is 5.10 Å². The highest BCUT2D eigenvalue weighted by Gasteiger charge is 2.11. The largest absolute Gasteiger partial charge is 0.271 e. The molecule has 0 saturated carbocycles. The van der Waals surface area contributed by atoms with E-state index in [9.17, 15) is 0 Å². The van der Waals surface area contributed by atoms with Gasteiger partial charge < -0.3 is 0 Å². The van der Waals surface area contributed by atoms with Crippen molar-refractivity contribution < 1.29 is 0 Å². The molecule has 4 heteroatoms. The Morgan fingerprint density at radius 3 is 2.59 bits per heavy atom. The standard InChI is InChI=1S/C13H14Cl2N2/c1-17-13(12(15)9-16-17)8-7-11(14)10-5-3-2-4-6-10/h2-6,9,11H,7-8H2,1H3. The highest BCUT2D eigenvalue weighted by molar-refractivity contribution is 6.31. The molecule has 90 valence electrons. The van der Waals surface area contributed by atoms with Gasteiger partial charge in [-0.3, -0.25) is 4.68 Å². The molecule has 0 N–H and O–H groups in total. The lowest BCUT2D eigenvalue weighted by Gasteiger charge is -2.10. The van der Waals surface area contributed by atoms with Crippen LogP contribution in [0.2, 0.25) is 5.02 Å². The van der Waals surface area contributed by atoms with Crippen LogP contribution in [-0.2, 0) is 13.5 Å². The molecule has 1 aromatic heterocycles. The van der Waals surface area contributed by atoms with Crippen molar-refractivity contribution in [1.29, 1.82) is 0 Å². The van der Waals surface area contributed by atoms with Gasteiger partial charge in [0.05, 0.1) is 22.3 Å². The Morgan fingerprint density at radius 1 is 1.29 bits per heavy atom. The van der Waals surface area contributed by atoms with Crippen LogP contribution in [0.1, 0.15) is 23.1 Å². The minimum Gasteiger partial charge on any atom is -0.271 e. The van der Waals surface area contributed by atoms with Crippen LogP contribution in [0.5, 0.6) is 0 Å².